The van der Waals surface area contributed by atoms with E-state index in [0.717, 1.165) is 11.4 Å². The average molecular weight is 577 g/mol. The number of benzene rings is 7. The molecule has 2 heteroatoms. The van der Waals surface area contributed by atoms with Crippen molar-refractivity contribution in [2.75, 3.05) is 5.32 Å². The molecule has 1 aromatic heterocycles. The lowest BCUT2D eigenvalue weighted by molar-refractivity contribution is 0.662. The number of nitrogens with one attached hydrogen (secondary N) is 1. The van der Waals surface area contributed by atoms with Crippen LogP contribution in [0.2, 0.25) is 0 Å². The van der Waals surface area contributed by atoms with E-state index in [4.69, 9.17) is 0 Å². The van der Waals surface area contributed by atoms with Gasteiger partial charge in [-0.15, -0.1) is 0 Å². The molecule has 45 heavy (non-hydrogen) atoms. The lowest BCUT2D eigenvalue weighted by atomic mass is 9.81. The van der Waals surface area contributed by atoms with E-state index in [9.17, 15) is 0 Å². The van der Waals surface area contributed by atoms with Crippen molar-refractivity contribution in [1.29, 1.82) is 0 Å². The second-order valence-electron chi connectivity index (χ2n) is 12.7. The maximum atomic E-state index is 3.82. The van der Waals surface area contributed by atoms with E-state index in [-0.39, 0.29) is 5.41 Å². The molecule has 1 aliphatic carbocycles. The standard InChI is InChI=1S/C43H32N2/c1-43(2)37-22-6-3-15-32(37)36-21-11-23-38(42(36)43)44-29-14-9-13-28(27-29)30-18-10-20-33-31(30)19-12-26-41(33)45-39-24-7-4-16-34(39)35-17-5-8-25-40(35)45/h3-27,44H,1-2H3. The summed E-state index contributed by atoms with van der Waals surface area (Å²) in [4.78, 5) is 0. The number of rotatable bonds is 4. The zero-order chi connectivity index (χ0) is 30.1. The fraction of sp³-hybridized carbons (Fsp3) is 0.0698. The van der Waals surface area contributed by atoms with Crippen molar-refractivity contribution in [3.63, 3.8) is 0 Å². The minimum atomic E-state index is -0.0774. The van der Waals surface area contributed by atoms with Crippen LogP contribution in [0.15, 0.2) is 152 Å². The third-order valence-electron chi connectivity index (χ3n) is 9.75. The first kappa shape index (κ1) is 25.9. The van der Waals surface area contributed by atoms with Crippen LogP contribution in [0.3, 0.4) is 0 Å². The van der Waals surface area contributed by atoms with Gasteiger partial charge >= 0.3 is 0 Å². The van der Waals surface area contributed by atoms with Gasteiger partial charge in [-0.3, -0.25) is 0 Å². The first-order valence-electron chi connectivity index (χ1n) is 15.7. The number of anilines is 2. The quantitative estimate of drug-likeness (QED) is 0.220. The van der Waals surface area contributed by atoms with Gasteiger partial charge in [0.05, 0.1) is 16.7 Å². The molecule has 0 bridgehead atoms. The molecule has 0 saturated heterocycles. The molecule has 1 N–H and O–H groups in total. The number of fused-ring (bicyclic) bond motifs is 7. The van der Waals surface area contributed by atoms with Crippen molar-refractivity contribution < 1.29 is 0 Å². The monoisotopic (exact) mass is 576 g/mol. The zero-order valence-corrected chi connectivity index (χ0v) is 25.4. The number of nitrogens with zero attached hydrogens (tertiary/aromatic N) is 1. The van der Waals surface area contributed by atoms with Gasteiger partial charge in [0.15, 0.2) is 0 Å². The molecule has 1 heterocycles. The second-order valence-corrected chi connectivity index (χ2v) is 12.7. The Hall–Kier alpha value is -5.60. The molecule has 0 unspecified atom stereocenters. The number of hydrogen-bond acceptors (Lipinski definition) is 1. The molecule has 214 valence electrons. The van der Waals surface area contributed by atoms with Crippen LogP contribution in [-0.4, -0.2) is 4.57 Å². The summed E-state index contributed by atoms with van der Waals surface area (Å²) in [6.07, 6.45) is 0. The van der Waals surface area contributed by atoms with E-state index in [1.54, 1.807) is 0 Å². The fourth-order valence-corrected chi connectivity index (χ4v) is 7.79. The number of aromatic nitrogens is 1. The SMILES string of the molecule is CC1(C)c2ccccc2-c2cccc(Nc3cccc(-c4cccc5c(-n6c7ccccc7c7ccccc76)cccc45)c3)c21. The summed E-state index contributed by atoms with van der Waals surface area (Å²) in [6, 6.07) is 55.2. The van der Waals surface area contributed by atoms with E-state index in [2.05, 4.69) is 175 Å². The molecule has 2 nitrogen and oxygen atoms in total. The summed E-state index contributed by atoms with van der Waals surface area (Å²) in [5, 5.41) is 8.85. The van der Waals surface area contributed by atoms with Crippen LogP contribution in [0, 0.1) is 0 Å². The van der Waals surface area contributed by atoms with E-state index >= 15 is 0 Å². The van der Waals surface area contributed by atoms with Gasteiger partial charge in [-0.05, 0) is 75.2 Å². The van der Waals surface area contributed by atoms with Crippen LogP contribution in [0.1, 0.15) is 25.0 Å². The summed E-state index contributed by atoms with van der Waals surface area (Å²) in [5.41, 5.74) is 13.6. The minimum absolute atomic E-state index is 0.0774. The molecule has 7 aromatic carbocycles. The third kappa shape index (κ3) is 3.82. The van der Waals surface area contributed by atoms with Crippen LogP contribution >= 0.6 is 0 Å². The average Bonchev–Trinajstić information content (AvgIpc) is 3.54. The van der Waals surface area contributed by atoms with Crippen LogP contribution in [0.5, 0.6) is 0 Å². The lowest BCUT2D eigenvalue weighted by Gasteiger charge is -2.25. The molecule has 0 spiro atoms. The highest BCUT2D eigenvalue weighted by Crippen LogP contribution is 2.51. The Morgan fingerprint density at radius 3 is 1.91 bits per heavy atom. The minimum Gasteiger partial charge on any atom is -0.355 e. The Bertz CT molecular complexity index is 2390. The maximum absolute atomic E-state index is 3.82. The molecule has 0 atom stereocenters. The Balaban J connectivity index is 1.16. The van der Waals surface area contributed by atoms with Crippen molar-refractivity contribution in [2.45, 2.75) is 19.3 Å². The van der Waals surface area contributed by atoms with Gasteiger partial charge in [-0.2, -0.15) is 0 Å². The normalized spacial score (nSPS) is 13.3. The lowest BCUT2D eigenvalue weighted by Crippen LogP contribution is -2.16. The van der Waals surface area contributed by atoms with Gasteiger partial charge in [-0.25, -0.2) is 0 Å². The smallest absolute Gasteiger partial charge is 0.0541 e. The fourth-order valence-electron chi connectivity index (χ4n) is 7.79. The highest BCUT2D eigenvalue weighted by atomic mass is 15.0. The maximum Gasteiger partial charge on any atom is 0.0541 e. The summed E-state index contributed by atoms with van der Waals surface area (Å²) < 4.78 is 2.42. The summed E-state index contributed by atoms with van der Waals surface area (Å²) in [6.45, 7) is 4.67. The molecular formula is C43H32N2. The molecule has 0 saturated carbocycles. The molecule has 0 amide bonds. The van der Waals surface area contributed by atoms with Gasteiger partial charge in [0.1, 0.15) is 0 Å². The van der Waals surface area contributed by atoms with Crippen LogP contribution in [0.4, 0.5) is 11.4 Å². The Labute approximate surface area is 263 Å². The zero-order valence-electron chi connectivity index (χ0n) is 25.4. The van der Waals surface area contributed by atoms with Crippen molar-refractivity contribution in [3.8, 4) is 27.9 Å². The largest absolute Gasteiger partial charge is 0.355 e. The predicted octanol–water partition coefficient (Wildman–Crippen LogP) is 11.7. The van der Waals surface area contributed by atoms with Gasteiger partial charge in [-0.1, -0.05) is 129 Å². The third-order valence-corrected chi connectivity index (χ3v) is 9.75. The van der Waals surface area contributed by atoms with E-state index < -0.39 is 0 Å². The van der Waals surface area contributed by atoms with Crippen LogP contribution < -0.4 is 5.32 Å². The van der Waals surface area contributed by atoms with Gasteiger partial charge in [0.25, 0.3) is 0 Å². The Morgan fingerprint density at radius 2 is 1.09 bits per heavy atom. The molecule has 9 rings (SSSR count). The number of hydrogen-bond donors (Lipinski definition) is 1. The summed E-state index contributed by atoms with van der Waals surface area (Å²) >= 11 is 0. The van der Waals surface area contributed by atoms with Gasteiger partial charge in [0, 0.05) is 32.9 Å². The van der Waals surface area contributed by atoms with Crippen molar-refractivity contribution in [1.82, 2.24) is 4.57 Å². The molecule has 0 fully saturated rings. The van der Waals surface area contributed by atoms with Crippen molar-refractivity contribution in [3.05, 3.63) is 163 Å². The molecule has 0 radical (unpaired) electrons. The summed E-state index contributed by atoms with van der Waals surface area (Å²) in [5.74, 6) is 0. The predicted molar refractivity (Wildman–Crippen MR) is 191 cm³/mol. The topological polar surface area (TPSA) is 17.0 Å². The first-order valence-corrected chi connectivity index (χ1v) is 15.7. The van der Waals surface area contributed by atoms with Gasteiger partial charge < -0.3 is 9.88 Å². The number of para-hydroxylation sites is 2. The van der Waals surface area contributed by atoms with E-state index in [1.165, 1.54) is 71.6 Å². The molecule has 0 aliphatic heterocycles. The molecule has 8 aromatic rings. The molecule has 1 aliphatic rings. The Kier molecular flexibility index (Phi) is 5.58. The highest BCUT2D eigenvalue weighted by Gasteiger charge is 2.37. The van der Waals surface area contributed by atoms with Crippen molar-refractivity contribution in [2.24, 2.45) is 0 Å². The highest BCUT2D eigenvalue weighted by molar-refractivity contribution is 6.11. The molecular weight excluding hydrogens is 544 g/mol. The van der Waals surface area contributed by atoms with E-state index in [0.29, 0.717) is 0 Å². The Morgan fingerprint density at radius 1 is 0.489 bits per heavy atom. The first-order chi connectivity index (χ1) is 22.1. The van der Waals surface area contributed by atoms with Crippen LogP contribution in [-0.2, 0) is 5.41 Å². The van der Waals surface area contributed by atoms with Gasteiger partial charge in [0.2, 0.25) is 0 Å². The summed E-state index contributed by atoms with van der Waals surface area (Å²) in [7, 11) is 0. The van der Waals surface area contributed by atoms with Crippen molar-refractivity contribution >= 4 is 44.0 Å². The second kappa shape index (κ2) is 9.70. The van der Waals surface area contributed by atoms with Crippen LogP contribution in [0.25, 0.3) is 60.5 Å². The van der Waals surface area contributed by atoms with E-state index in [1.807, 2.05) is 0 Å².